The minimum atomic E-state index is -2.03. The van der Waals surface area contributed by atoms with Crippen LogP contribution in [0.3, 0.4) is 0 Å². The number of nitro groups is 1. The Morgan fingerprint density at radius 3 is 2.58 bits per heavy atom. The largest absolute Gasteiger partial charge is 0.464 e. The number of carbonyl (C=O) groups is 1. The van der Waals surface area contributed by atoms with Crippen LogP contribution in [0.1, 0.15) is 13.8 Å². The topological polar surface area (TPSA) is 89.7 Å². The number of rotatable bonds is 4. The second-order valence-corrected chi connectivity index (χ2v) is 2.49. The molecule has 0 spiro atoms. The van der Waals surface area contributed by atoms with Crippen molar-refractivity contribution in [3.63, 3.8) is 0 Å². The summed E-state index contributed by atoms with van der Waals surface area (Å²) in [6.45, 7) is 1.85. The number of aliphatic hydroxyl groups is 1. The fourth-order valence-corrected chi connectivity index (χ4v) is 0.603. The van der Waals surface area contributed by atoms with Gasteiger partial charge in [-0.2, -0.15) is 0 Å². The van der Waals surface area contributed by atoms with E-state index in [4.69, 9.17) is 5.11 Å². The third kappa shape index (κ3) is 3.29. The lowest BCUT2D eigenvalue weighted by molar-refractivity contribution is -0.496. The van der Waals surface area contributed by atoms with E-state index in [0.717, 1.165) is 6.92 Å². The third-order valence-electron chi connectivity index (χ3n) is 1.15. The maximum atomic E-state index is 10.8. The number of ether oxygens (including phenoxy) is 1. The van der Waals surface area contributed by atoms with Gasteiger partial charge in [0.1, 0.15) is 0 Å². The Balaban J connectivity index is 4.18. The van der Waals surface area contributed by atoms with Crippen molar-refractivity contribution in [2.75, 3.05) is 13.2 Å². The molecule has 0 bridgehead atoms. The molecule has 0 radical (unpaired) electrons. The predicted molar refractivity (Wildman–Crippen MR) is 39.1 cm³/mol. The number of carbonyl (C=O) groups excluding carboxylic acids is 1. The van der Waals surface area contributed by atoms with E-state index in [0.29, 0.717) is 0 Å². The van der Waals surface area contributed by atoms with Crippen LogP contribution >= 0.6 is 0 Å². The molecule has 70 valence electrons. The molecule has 0 amide bonds. The van der Waals surface area contributed by atoms with Crippen molar-refractivity contribution in [2.24, 2.45) is 0 Å². The Hall–Kier alpha value is -1.17. The van der Waals surface area contributed by atoms with Crippen LogP contribution in [0.15, 0.2) is 0 Å². The molecule has 1 N–H and O–H groups in total. The normalized spacial score (nSPS) is 14.9. The molecule has 0 aromatic rings. The summed E-state index contributed by atoms with van der Waals surface area (Å²) in [5, 5.41) is 19.1. The fourth-order valence-electron chi connectivity index (χ4n) is 0.603. The minimum absolute atomic E-state index is 0.0900. The zero-order valence-corrected chi connectivity index (χ0v) is 6.94. The van der Waals surface area contributed by atoms with Crippen LogP contribution in [0.4, 0.5) is 0 Å². The molecule has 0 unspecified atom stereocenters. The van der Waals surface area contributed by atoms with Gasteiger partial charge in [0, 0.05) is 4.92 Å². The maximum absolute atomic E-state index is 10.8. The second kappa shape index (κ2) is 4.01. The quantitative estimate of drug-likeness (QED) is 0.357. The Bertz CT molecular complexity index is 188. The highest BCUT2D eigenvalue weighted by atomic mass is 16.6. The molecule has 0 aliphatic carbocycles. The SMILES string of the molecule is CCOC(=O)[C@@](C)(O)C[N+](=O)[O-]. The number of nitrogens with zero attached hydrogens (tertiary/aromatic N) is 1. The van der Waals surface area contributed by atoms with Crippen molar-refractivity contribution in [3.8, 4) is 0 Å². The molecule has 0 saturated carbocycles. The van der Waals surface area contributed by atoms with Crippen LogP contribution in [0.2, 0.25) is 0 Å². The molecular formula is C6H11NO5. The first-order valence-electron chi connectivity index (χ1n) is 3.41. The lowest BCUT2D eigenvalue weighted by atomic mass is 10.1. The van der Waals surface area contributed by atoms with E-state index in [1.807, 2.05) is 0 Å². The molecule has 0 heterocycles. The first-order chi connectivity index (χ1) is 5.40. The van der Waals surface area contributed by atoms with Crippen LogP contribution in [0.5, 0.6) is 0 Å². The van der Waals surface area contributed by atoms with Gasteiger partial charge in [-0.25, -0.2) is 4.79 Å². The van der Waals surface area contributed by atoms with E-state index in [1.165, 1.54) is 0 Å². The predicted octanol–water partition coefficient (Wildman–Crippen LogP) is -0.423. The first-order valence-corrected chi connectivity index (χ1v) is 3.41. The van der Waals surface area contributed by atoms with Crippen LogP contribution in [-0.2, 0) is 9.53 Å². The monoisotopic (exact) mass is 177 g/mol. The summed E-state index contributed by atoms with van der Waals surface area (Å²) in [6, 6.07) is 0. The molecule has 0 aliphatic heterocycles. The molecular weight excluding hydrogens is 166 g/mol. The van der Waals surface area contributed by atoms with Crippen molar-refractivity contribution >= 4 is 5.97 Å². The molecule has 0 fully saturated rings. The summed E-state index contributed by atoms with van der Waals surface area (Å²) < 4.78 is 4.41. The highest BCUT2D eigenvalue weighted by molar-refractivity contribution is 5.78. The molecule has 6 nitrogen and oxygen atoms in total. The van der Waals surface area contributed by atoms with E-state index < -0.39 is 23.0 Å². The number of esters is 1. The van der Waals surface area contributed by atoms with Crippen molar-refractivity contribution in [3.05, 3.63) is 10.1 Å². The summed E-state index contributed by atoms with van der Waals surface area (Å²) in [7, 11) is 0. The Kier molecular flexibility index (Phi) is 3.62. The molecule has 0 aromatic carbocycles. The van der Waals surface area contributed by atoms with E-state index >= 15 is 0 Å². The van der Waals surface area contributed by atoms with Crippen LogP contribution in [0.25, 0.3) is 0 Å². The van der Waals surface area contributed by atoms with Crippen molar-refractivity contribution in [1.82, 2.24) is 0 Å². The van der Waals surface area contributed by atoms with Gasteiger partial charge in [-0.1, -0.05) is 0 Å². The third-order valence-corrected chi connectivity index (χ3v) is 1.15. The van der Waals surface area contributed by atoms with Crippen LogP contribution in [-0.4, -0.2) is 34.8 Å². The van der Waals surface area contributed by atoms with Gasteiger partial charge in [-0.05, 0) is 13.8 Å². The average molecular weight is 177 g/mol. The highest BCUT2D eigenvalue weighted by Crippen LogP contribution is 2.05. The summed E-state index contributed by atoms with van der Waals surface area (Å²) in [5.41, 5.74) is -2.03. The van der Waals surface area contributed by atoms with Crippen molar-refractivity contribution in [1.29, 1.82) is 0 Å². The Morgan fingerprint density at radius 2 is 2.25 bits per heavy atom. The summed E-state index contributed by atoms with van der Waals surface area (Å²) in [5.74, 6) is -0.971. The van der Waals surface area contributed by atoms with Gasteiger partial charge in [-0.3, -0.25) is 10.1 Å². The zero-order valence-electron chi connectivity index (χ0n) is 6.94. The standard InChI is InChI=1S/C6H11NO5/c1-3-12-5(8)6(2,9)4-7(10)11/h9H,3-4H2,1-2H3/t6-/m0/s1. The van der Waals surface area contributed by atoms with Crippen molar-refractivity contribution in [2.45, 2.75) is 19.4 Å². The van der Waals surface area contributed by atoms with Gasteiger partial charge in [-0.15, -0.1) is 0 Å². The van der Waals surface area contributed by atoms with Gasteiger partial charge in [0.15, 0.2) is 0 Å². The van der Waals surface area contributed by atoms with Gasteiger partial charge < -0.3 is 9.84 Å². The van der Waals surface area contributed by atoms with Gasteiger partial charge in [0.05, 0.1) is 6.61 Å². The zero-order chi connectivity index (χ0) is 9.78. The summed E-state index contributed by atoms with van der Waals surface area (Å²) in [4.78, 5) is 20.0. The molecule has 6 heteroatoms. The lowest BCUT2D eigenvalue weighted by Gasteiger charge is -2.15. The molecule has 0 rings (SSSR count). The smallest absolute Gasteiger partial charge is 0.344 e. The van der Waals surface area contributed by atoms with E-state index in [-0.39, 0.29) is 6.61 Å². The van der Waals surface area contributed by atoms with Crippen LogP contribution < -0.4 is 0 Å². The maximum Gasteiger partial charge on any atom is 0.344 e. The summed E-state index contributed by atoms with van der Waals surface area (Å²) >= 11 is 0. The molecule has 0 aromatic heterocycles. The second-order valence-electron chi connectivity index (χ2n) is 2.49. The van der Waals surface area contributed by atoms with E-state index in [1.54, 1.807) is 6.92 Å². The Labute approximate surface area is 69.3 Å². The fraction of sp³-hybridized carbons (Fsp3) is 0.833. The molecule has 0 aliphatic rings. The van der Waals surface area contributed by atoms with Crippen LogP contribution in [0, 0.1) is 10.1 Å². The van der Waals surface area contributed by atoms with E-state index in [9.17, 15) is 14.9 Å². The van der Waals surface area contributed by atoms with Gasteiger partial charge in [0.2, 0.25) is 12.1 Å². The summed E-state index contributed by atoms with van der Waals surface area (Å²) in [6.07, 6.45) is 0. The number of hydrogen-bond acceptors (Lipinski definition) is 5. The number of hydrogen-bond donors (Lipinski definition) is 1. The highest BCUT2D eigenvalue weighted by Gasteiger charge is 2.37. The first kappa shape index (κ1) is 10.8. The molecule has 12 heavy (non-hydrogen) atoms. The lowest BCUT2D eigenvalue weighted by Crippen LogP contribution is -2.43. The average Bonchev–Trinajstić information content (AvgIpc) is 1.85. The molecule has 1 atom stereocenters. The van der Waals surface area contributed by atoms with Crippen molar-refractivity contribution < 1.29 is 19.6 Å². The van der Waals surface area contributed by atoms with E-state index in [2.05, 4.69) is 4.74 Å². The van der Waals surface area contributed by atoms with Gasteiger partial charge >= 0.3 is 5.97 Å². The minimum Gasteiger partial charge on any atom is -0.464 e. The van der Waals surface area contributed by atoms with Gasteiger partial charge in [0.25, 0.3) is 0 Å². The molecule has 0 saturated heterocycles. The Morgan fingerprint density at radius 1 is 1.75 bits per heavy atom.